The predicted octanol–water partition coefficient (Wildman–Crippen LogP) is 2.52. The summed E-state index contributed by atoms with van der Waals surface area (Å²) in [6.45, 7) is 2.93. The highest BCUT2D eigenvalue weighted by molar-refractivity contribution is 5.87. The molecule has 2 unspecified atom stereocenters. The maximum Gasteiger partial charge on any atom is 0.316 e. The molecule has 2 rings (SSSR count). The maximum absolute atomic E-state index is 10.7. The van der Waals surface area contributed by atoms with Gasteiger partial charge < -0.3 is 21.1 Å². The second kappa shape index (κ2) is 6.96. The molecule has 0 aromatic heterocycles. The summed E-state index contributed by atoms with van der Waals surface area (Å²) < 4.78 is 5.52. The minimum absolute atomic E-state index is 0.229. The summed E-state index contributed by atoms with van der Waals surface area (Å²) in [7, 11) is 0. The number of carbonyl (C=O) groups excluding carboxylic acids is 1. The maximum atomic E-state index is 10.7. The first-order chi connectivity index (χ1) is 9.65. The van der Waals surface area contributed by atoms with E-state index < -0.39 is 6.03 Å². The number of nitrogens with one attached hydrogen (secondary N) is 2. The number of rotatable bonds is 5. The summed E-state index contributed by atoms with van der Waals surface area (Å²) in [6, 6.07) is 7.32. The van der Waals surface area contributed by atoms with E-state index in [0.717, 1.165) is 24.9 Å². The quantitative estimate of drug-likeness (QED) is 0.772. The number of hydrogen-bond donors (Lipinski definition) is 3. The first-order valence-electron chi connectivity index (χ1n) is 6.85. The molecule has 5 nitrogen and oxygen atoms in total. The van der Waals surface area contributed by atoms with Gasteiger partial charge in [0.15, 0.2) is 0 Å². The van der Waals surface area contributed by atoms with Gasteiger partial charge in [-0.2, -0.15) is 0 Å². The largest absolute Gasteiger partial charge is 0.497 e. The molecule has 0 aliphatic carbocycles. The molecule has 5 heteroatoms. The summed E-state index contributed by atoms with van der Waals surface area (Å²) in [5, 5.41) is 6.00. The first kappa shape index (κ1) is 14.4. The van der Waals surface area contributed by atoms with Crippen molar-refractivity contribution < 1.29 is 9.53 Å². The van der Waals surface area contributed by atoms with Gasteiger partial charge in [0.2, 0.25) is 0 Å². The summed E-state index contributed by atoms with van der Waals surface area (Å²) in [4.78, 5) is 10.7. The van der Waals surface area contributed by atoms with Crippen LogP contribution >= 0.6 is 0 Å². The molecule has 1 aliphatic heterocycles. The van der Waals surface area contributed by atoms with Crippen LogP contribution in [0.5, 0.6) is 0 Å². The van der Waals surface area contributed by atoms with E-state index in [9.17, 15) is 4.79 Å². The van der Waals surface area contributed by atoms with Gasteiger partial charge in [-0.1, -0.05) is 12.1 Å². The van der Waals surface area contributed by atoms with Crippen LogP contribution < -0.4 is 16.4 Å². The monoisotopic (exact) mass is 275 g/mol. The molecule has 0 radical (unpaired) electrons. The Hall–Kier alpha value is -2.01. The molecule has 2 atom stereocenters. The van der Waals surface area contributed by atoms with Crippen LogP contribution in [0.1, 0.15) is 31.4 Å². The number of primary amides is 1. The van der Waals surface area contributed by atoms with Crippen molar-refractivity contribution in [3.8, 4) is 0 Å². The van der Waals surface area contributed by atoms with E-state index in [1.54, 1.807) is 6.26 Å². The minimum Gasteiger partial charge on any atom is -0.497 e. The van der Waals surface area contributed by atoms with Gasteiger partial charge in [0.05, 0.1) is 6.26 Å². The lowest BCUT2D eigenvalue weighted by molar-refractivity contribution is 0.120. The van der Waals surface area contributed by atoms with Crippen LogP contribution in [0.3, 0.4) is 0 Å². The van der Waals surface area contributed by atoms with Crippen LogP contribution in [0.25, 0.3) is 0 Å². The standard InChI is InChI=1S/C15H21N3O2/c1-11(17-10-14-4-2-3-9-20-14)12-5-7-13(8-6-12)18-15(16)19/h3,5-9,11,14,17H,2,4,10H2,1H3,(H3,16,18,19). The number of benzene rings is 1. The molecule has 0 spiro atoms. The van der Waals surface area contributed by atoms with E-state index in [-0.39, 0.29) is 12.1 Å². The highest BCUT2D eigenvalue weighted by Gasteiger charge is 2.13. The van der Waals surface area contributed by atoms with Crippen LogP contribution in [0, 0.1) is 0 Å². The fourth-order valence-corrected chi connectivity index (χ4v) is 2.16. The molecule has 108 valence electrons. The van der Waals surface area contributed by atoms with E-state index in [1.807, 2.05) is 30.3 Å². The first-order valence-corrected chi connectivity index (χ1v) is 6.85. The van der Waals surface area contributed by atoms with Gasteiger partial charge in [-0.15, -0.1) is 0 Å². The normalized spacial score (nSPS) is 19.1. The molecule has 0 saturated carbocycles. The van der Waals surface area contributed by atoms with Crippen molar-refractivity contribution >= 4 is 11.7 Å². The number of anilines is 1. The molecule has 1 heterocycles. The summed E-state index contributed by atoms with van der Waals surface area (Å²) >= 11 is 0. The number of urea groups is 1. The van der Waals surface area contributed by atoms with Crippen molar-refractivity contribution in [3.05, 3.63) is 42.2 Å². The lowest BCUT2D eigenvalue weighted by Crippen LogP contribution is -2.31. The van der Waals surface area contributed by atoms with Gasteiger partial charge in [0.25, 0.3) is 0 Å². The lowest BCUT2D eigenvalue weighted by Gasteiger charge is -2.22. The van der Waals surface area contributed by atoms with Gasteiger partial charge in [-0.05, 0) is 43.5 Å². The number of ether oxygens (including phenoxy) is 1. The number of nitrogens with two attached hydrogens (primary N) is 1. The fraction of sp³-hybridized carbons (Fsp3) is 0.400. The van der Waals surface area contributed by atoms with Gasteiger partial charge in [-0.3, -0.25) is 0 Å². The Morgan fingerprint density at radius 3 is 2.80 bits per heavy atom. The molecule has 4 N–H and O–H groups in total. The minimum atomic E-state index is -0.550. The molecular formula is C15H21N3O2. The van der Waals surface area contributed by atoms with Crippen molar-refractivity contribution in [2.24, 2.45) is 5.73 Å². The second-order valence-electron chi connectivity index (χ2n) is 4.95. The zero-order chi connectivity index (χ0) is 14.4. The third-order valence-electron chi connectivity index (χ3n) is 3.35. The number of hydrogen-bond acceptors (Lipinski definition) is 3. The SMILES string of the molecule is CC(NCC1CCC=CO1)c1ccc(NC(N)=O)cc1. The van der Waals surface area contributed by atoms with Crippen molar-refractivity contribution in [1.82, 2.24) is 5.32 Å². The van der Waals surface area contributed by atoms with Crippen molar-refractivity contribution in [2.75, 3.05) is 11.9 Å². The van der Waals surface area contributed by atoms with Gasteiger partial charge in [0, 0.05) is 18.3 Å². The summed E-state index contributed by atoms with van der Waals surface area (Å²) in [5.74, 6) is 0. The number of amides is 2. The lowest BCUT2D eigenvalue weighted by atomic mass is 10.1. The Balaban J connectivity index is 1.83. The molecule has 2 amide bonds. The van der Waals surface area contributed by atoms with E-state index in [1.165, 1.54) is 0 Å². The van der Waals surface area contributed by atoms with Crippen LogP contribution in [0.15, 0.2) is 36.6 Å². The number of carbonyl (C=O) groups is 1. The number of allylic oxidation sites excluding steroid dienone is 1. The molecule has 1 aliphatic rings. The van der Waals surface area contributed by atoms with Crippen LogP contribution in [0.4, 0.5) is 10.5 Å². The molecule has 0 saturated heterocycles. The molecule has 1 aromatic rings. The van der Waals surface area contributed by atoms with Crippen LogP contribution in [0.2, 0.25) is 0 Å². The molecule has 0 fully saturated rings. The zero-order valence-electron chi connectivity index (χ0n) is 11.6. The van der Waals surface area contributed by atoms with E-state index in [4.69, 9.17) is 10.5 Å². The predicted molar refractivity (Wildman–Crippen MR) is 79.3 cm³/mol. The third kappa shape index (κ3) is 4.28. The van der Waals surface area contributed by atoms with Crippen molar-refractivity contribution in [3.63, 3.8) is 0 Å². The third-order valence-corrected chi connectivity index (χ3v) is 3.35. The second-order valence-corrected chi connectivity index (χ2v) is 4.95. The summed E-state index contributed by atoms with van der Waals surface area (Å²) in [6.07, 6.45) is 6.21. The van der Waals surface area contributed by atoms with Crippen LogP contribution in [-0.4, -0.2) is 18.7 Å². The van der Waals surface area contributed by atoms with E-state index in [2.05, 4.69) is 17.6 Å². The Bertz CT molecular complexity index is 471. The van der Waals surface area contributed by atoms with E-state index >= 15 is 0 Å². The van der Waals surface area contributed by atoms with Gasteiger partial charge in [0.1, 0.15) is 6.10 Å². The topological polar surface area (TPSA) is 76.4 Å². The molecule has 0 bridgehead atoms. The van der Waals surface area contributed by atoms with E-state index in [0.29, 0.717) is 5.69 Å². The smallest absolute Gasteiger partial charge is 0.316 e. The molecule has 1 aromatic carbocycles. The Kier molecular flexibility index (Phi) is 5.01. The van der Waals surface area contributed by atoms with Gasteiger partial charge in [-0.25, -0.2) is 4.79 Å². The van der Waals surface area contributed by atoms with Crippen LogP contribution in [-0.2, 0) is 4.74 Å². The average molecular weight is 275 g/mol. The Morgan fingerprint density at radius 1 is 1.45 bits per heavy atom. The Morgan fingerprint density at radius 2 is 2.20 bits per heavy atom. The molecule has 20 heavy (non-hydrogen) atoms. The van der Waals surface area contributed by atoms with Gasteiger partial charge >= 0.3 is 6.03 Å². The highest BCUT2D eigenvalue weighted by Crippen LogP contribution is 2.17. The molecular weight excluding hydrogens is 254 g/mol. The zero-order valence-corrected chi connectivity index (χ0v) is 11.6. The fourth-order valence-electron chi connectivity index (χ4n) is 2.16. The Labute approximate surface area is 119 Å². The highest BCUT2D eigenvalue weighted by atomic mass is 16.5. The van der Waals surface area contributed by atoms with Crippen molar-refractivity contribution in [2.45, 2.75) is 31.9 Å². The summed E-state index contributed by atoms with van der Waals surface area (Å²) in [5.41, 5.74) is 6.93. The van der Waals surface area contributed by atoms with Crippen molar-refractivity contribution in [1.29, 1.82) is 0 Å². The average Bonchev–Trinajstić information content (AvgIpc) is 2.46.